The molecule has 24 heavy (non-hydrogen) atoms. The smallest absolute Gasteiger partial charge is 0.309 e. The van der Waals surface area contributed by atoms with Crippen LogP contribution in [0.3, 0.4) is 0 Å². The van der Waals surface area contributed by atoms with Crippen molar-refractivity contribution in [2.75, 3.05) is 12.0 Å². The van der Waals surface area contributed by atoms with Crippen molar-refractivity contribution in [1.29, 1.82) is 0 Å². The maximum Gasteiger partial charge on any atom is 0.309 e. The Morgan fingerprint density at radius 1 is 1.38 bits per heavy atom. The van der Waals surface area contributed by atoms with E-state index < -0.39 is 15.8 Å². The lowest BCUT2D eigenvalue weighted by molar-refractivity contribution is -0.136. The van der Waals surface area contributed by atoms with E-state index in [4.69, 9.17) is 5.11 Å². The van der Waals surface area contributed by atoms with Crippen molar-refractivity contribution in [3.05, 3.63) is 11.1 Å². The molecule has 0 amide bonds. The molecule has 0 atom stereocenters. The number of aryl methyl sites for hydroxylation is 1. The number of nitrogens with zero attached hydrogens (tertiary/aromatic N) is 5. The number of carboxylic acids is 1. The van der Waals surface area contributed by atoms with Gasteiger partial charge in [-0.2, -0.15) is 0 Å². The Hall–Kier alpha value is -1.53. The minimum Gasteiger partial charge on any atom is -0.481 e. The van der Waals surface area contributed by atoms with Crippen LogP contribution in [-0.2, 0) is 27.6 Å². The van der Waals surface area contributed by atoms with Crippen LogP contribution in [0.15, 0.2) is 14.9 Å². The van der Waals surface area contributed by atoms with Gasteiger partial charge in [-0.05, 0) is 35.0 Å². The highest BCUT2D eigenvalue weighted by Crippen LogP contribution is 2.28. The lowest BCUT2D eigenvalue weighted by Gasteiger charge is -2.03. The van der Waals surface area contributed by atoms with Gasteiger partial charge in [-0.3, -0.25) is 4.79 Å². The number of hydrogen-bond acceptors (Lipinski definition) is 9. The second kappa shape index (κ2) is 8.53. The summed E-state index contributed by atoms with van der Waals surface area (Å²) < 4.78 is 24.5. The SMILES string of the molecule is CS(=O)(=O)CCCCCn1nnnc1Sc1nc(CC(=O)O)cs1. The molecule has 9 nitrogen and oxygen atoms in total. The summed E-state index contributed by atoms with van der Waals surface area (Å²) in [6, 6.07) is 0. The lowest BCUT2D eigenvalue weighted by atomic mass is 10.2. The number of tetrazole rings is 1. The highest BCUT2D eigenvalue weighted by molar-refractivity contribution is 8.00. The number of carbonyl (C=O) groups is 1. The van der Waals surface area contributed by atoms with Crippen molar-refractivity contribution < 1.29 is 18.3 Å². The molecule has 0 saturated carbocycles. The van der Waals surface area contributed by atoms with Crippen molar-refractivity contribution in [3.63, 3.8) is 0 Å². The molecular weight excluding hydrogens is 374 g/mol. The summed E-state index contributed by atoms with van der Waals surface area (Å²) in [5.74, 6) is -0.730. The third kappa shape index (κ3) is 6.53. The number of sulfone groups is 1. The molecular formula is C12H17N5O4S3. The average Bonchev–Trinajstić information content (AvgIpc) is 3.07. The van der Waals surface area contributed by atoms with E-state index in [-0.39, 0.29) is 12.2 Å². The number of aromatic nitrogens is 5. The van der Waals surface area contributed by atoms with Gasteiger partial charge in [0.05, 0.1) is 12.1 Å². The summed E-state index contributed by atoms with van der Waals surface area (Å²) in [5, 5.41) is 22.5. The molecule has 12 heteroatoms. The Morgan fingerprint density at radius 3 is 2.88 bits per heavy atom. The summed E-state index contributed by atoms with van der Waals surface area (Å²) in [6.45, 7) is 0.590. The number of thiazole rings is 1. The minimum atomic E-state index is -2.91. The molecule has 0 unspecified atom stereocenters. The van der Waals surface area contributed by atoms with Crippen LogP contribution in [0.25, 0.3) is 0 Å². The Balaban J connectivity index is 1.84. The van der Waals surface area contributed by atoms with Crippen molar-refractivity contribution in [1.82, 2.24) is 25.2 Å². The summed E-state index contributed by atoms with van der Waals surface area (Å²) in [5.41, 5.74) is 0.509. The van der Waals surface area contributed by atoms with Gasteiger partial charge in [0.15, 0.2) is 4.34 Å². The monoisotopic (exact) mass is 391 g/mol. The molecule has 0 aliphatic heterocycles. The molecule has 0 fully saturated rings. The van der Waals surface area contributed by atoms with Crippen LogP contribution in [0.5, 0.6) is 0 Å². The summed E-state index contributed by atoms with van der Waals surface area (Å²) in [6.07, 6.45) is 3.29. The van der Waals surface area contributed by atoms with Crippen molar-refractivity contribution in [2.24, 2.45) is 0 Å². The molecule has 0 aromatic carbocycles. The highest BCUT2D eigenvalue weighted by Gasteiger charge is 2.12. The Kier molecular flexibility index (Phi) is 6.69. The van der Waals surface area contributed by atoms with Crippen molar-refractivity contribution >= 4 is 38.9 Å². The molecule has 0 radical (unpaired) electrons. The average molecular weight is 392 g/mol. The fourth-order valence-electron chi connectivity index (χ4n) is 1.86. The van der Waals surface area contributed by atoms with Crippen LogP contribution in [-0.4, -0.2) is 56.7 Å². The molecule has 0 saturated heterocycles. The quantitative estimate of drug-likeness (QED) is 0.592. The predicted octanol–water partition coefficient (Wildman–Crippen LogP) is 1.12. The maximum atomic E-state index is 11.1. The molecule has 0 aliphatic carbocycles. The summed E-state index contributed by atoms with van der Waals surface area (Å²) >= 11 is 2.63. The topological polar surface area (TPSA) is 128 Å². The predicted molar refractivity (Wildman–Crippen MR) is 89.0 cm³/mol. The second-order valence-corrected chi connectivity index (χ2v) is 9.48. The maximum absolute atomic E-state index is 11.1. The first-order chi connectivity index (χ1) is 11.3. The first-order valence-corrected chi connectivity index (χ1v) is 10.9. The normalized spacial score (nSPS) is 11.7. The van der Waals surface area contributed by atoms with Crippen LogP contribution in [0.4, 0.5) is 0 Å². The zero-order valence-electron chi connectivity index (χ0n) is 13.0. The zero-order chi connectivity index (χ0) is 17.6. The molecule has 132 valence electrons. The number of unbranched alkanes of at least 4 members (excludes halogenated alkanes) is 2. The van der Waals surface area contributed by atoms with Crippen LogP contribution in [0.2, 0.25) is 0 Å². The Labute approximate surface area is 147 Å². The fraction of sp³-hybridized carbons (Fsp3) is 0.583. The molecule has 2 aromatic heterocycles. The Bertz CT molecular complexity index is 786. The summed E-state index contributed by atoms with van der Waals surface area (Å²) in [7, 11) is -2.91. The Morgan fingerprint density at radius 2 is 2.17 bits per heavy atom. The minimum absolute atomic E-state index is 0.109. The number of hydrogen-bond donors (Lipinski definition) is 1. The van der Waals surface area contributed by atoms with Gasteiger partial charge in [-0.25, -0.2) is 18.1 Å². The van der Waals surface area contributed by atoms with E-state index in [0.29, 0.717) is 28.2 Å². The van der Waals surface area contributed by atoms with E-state index in [0.717, 1.165) is 12.8 Å². The number of rotatable bonds is 10. The van der Waals surface area contributed by atoms with Crippen LogP contribution >= 0.6 is 23.1 Å². The van der Waals surface area contributed by atoms with Crippen LogP contribution < -0.4 is 0 Å². The first kappa shape index (κ1) is 18.8. The van der Waals surface area contributed by atoms with E-state index in [1.165, 1.54) is 29.4 Å². The molecule has 0 spiro atoms. The van der Waals surface area contributed by atoms with E-state index in [2.05, 4.69) is 20.5 Å². The van der Waals surface area contributed by atoms with Crippen LogP contribution in [0.1, 0.15) is 25.0 Å². The van der Waals surface area contributed by atoms with Gasteiger partial charge in [0.2, 0.25) is 5.16 Å². The number of carboxylic acid groups (broad SMARTS) is 1. The van der Waals surface area contributed by atoms with Gasteiger partial charge >= 0.3 is 5.97 Å². The van der Waals surface area contributed by atoms with E-state index in [1.54, 1.807) is 10.1 Å². The molecule has 2 aromatic rings. The molecule has 0 bridgehead atoms. The summed E-state index contributed by atoms with van der Waals surface area (Å²) in [4.78, 5) is 14.9. The largest absolute Gasteiger partial charge is 0.481 e. The molecule has 0 aliphatic rings. The van der Waals surface area contributed by atoms with Gasteiger partial charge in [-0.1, -0.05) is 6.42 Å². The van der Waals surface area contributed by atoms with Gasteiger partial charge in [0.25, 0.3) is 0 Å². The molecule has 2 rings (SSSR count). The molecule has 2 heterocycles. The lowest BCUT2D eigenvalue weighted by Crippen LogP contribution is -2.05. The van der Waals surface area contributed by atoms with E-state index in [9.17, 15) is 13.2 Å². The van der Waals surface area contributed by atoms with Gasteiger partial charge in [0, 0.05) is 23.9 Å². The fourth-order valence-corrected chi connectivity index (χ4v) is 4.32. The standard InChI is InChI=1S/C12H17N5O4S3/c1-24(20,21)6-4-2-3-5-17-11(14-15-16-17)23-12-13-9(8-22-12)7-10(18)19/h8H,2-7H2,1H3,(H,18,19). The van der Waals surface area contributed by atoms with E-state index >= 15 is 0 Å². The third-order valence-corrected chi connectivity index (χ3v) is 5.92. The highest BCUT2D eigenvalue weighted by atomic mass is 32.2. The number of aliphatic carboxylic acids is 1. The van der Waals surface area contributed by atoms with Gasteiger partial charge in [-0.15, -0.1) is 16.4 Å². The van der Waals surface area contributed by atoms with Crippen molar-refractivity contribution in [2.45, 2.75) is 41.7 Å². The van der Waals surface area contributed by atoms with Crippen molar-refractivity contribution in [3.8, 4) is 0 Å². The van der Waals surface area contributed by atoms with Crippen LogP contribution in [0, 0.1) is 0 Å². The second-order valence-electron chi connectivity index (χ2n) is 5.15. The third-order valence-electron chi connectivity index (χ3n) is 2.93. The first-order valence-electron chi connectivity index (χ1n) is 7.11. The van der Waals surface area contributed by atoms with E-state index in [1.807, 2.05) is 0 Å². The zero-order valence-corrected chi connectivity index (χ0v) is 15.4. The van der Waals surface area contributed by atoms with Gasteiger partial charge in [0.1, 0.15) is 9.84 Å². The molecule has 1 N–H and O–H groups in total. The van der Waals surface area contributed by atoms with Gasteiger partial charge < -0.3 is 5.11 Å².